The van der Waals surface area contributed by atoms with Crippen LogP contribution in [0.25, 0.3) is 0 Å². The van der Waals surface area contributed by atoms with Gasteiger partial charge in [0.2, 0.25) is 0 Å². The molecule has 1 nitrogen and oxygen atoms in total. The average molecular weight is 87.1 g/mol. The zero-order valence-electron chi connectivity index (χ0n) is 3.02. The van der Waals surface area contributed by atoms with E-state index in [9.17, 15) is 0 Å². The highest BCUT2D eigenvalue weighted by molar-refractivity contribution is 7.27. The maximum atomic E-state index is 4.06. The fourth-order valence-electron chi connectivity index (χ4n) is 0.354. The molecule has 0 saturated carbocycles. The Morgan fingerprint density at radius 2 is 2.60 bits per heavy atom. The van der Waals surface area contributed by atoms with Crippen LogP contribution in [0.4, 0.5) is 0 Å². The highest BCUT2D eigenvalue weighted by Gasteiger charge is 1.87. The molecule has 1 aliphatic heterocycles. The third kappa shape index (κ3) is 0.695. The van der Waals surface area contributed by atoms with Gasteiger partial charge in [-0.3, -0.25) is 4.74 Å². The lowest BCUT2D eigenvalue weighted by Gasteiger charge is -1.66. The van der Waals surface area contributed by atoms with E-state index in [-0.39, 0.29) is 0 Å². The van der Waals surface area contributed by atoms with Crippen molar-refractivity contribution in [2.45, 2.75) is 6.42 Å². The molecule has 1 heterocycles. The molecule has 0 aliphatic carbocycles. The summed E-state index contributed by atoms with van der Waals surface area (Å²) in [4.78, 5) is 0. The van der Waals surface area contributed by atoms with Crippen molar-refractivity contribution in [1.82, 2.24) is 0 Å². The molecule has 0 amide bonds. The van der Waals surface area contributed by atoms with Crippen molar-refractivity contribution in [1.29, 1.82) is 0 Å². The van der Waals surface area contributed by atoms with Crippen molar-refractivity contribution >= 4 is 8.37 Å². The fourth-order valence-corrected chi connectivity index (χ4v) is 1.06. The van der Waals surface area contributed by atoms with Crippen LogP contribution in [-0.4, -0.2) is 12.7 Å². The number of rotatable bonds is 0. The molecule has 0 spiro atoms. The van der Waals surface area contributed by atoms with Gasteiger partial charge in [-0.25, -0.2) is 0 Å². The van der Waals surface area contributed by atoms with Crippen LogP contribution in [0.1, 0.15) is 6.42 Å². The smallest absolute Gasteiger partial charge is 0.0439 e. The van der Waals surface area contributed by atoms with Crippen molar-refractivity contribution < 1.29 is 0 Å². The largest absolute Gasteiger partial charge is 0.269 e. The van der Waals surface area contributed by atoms with Gasteiger partial charge in [-0.1, -0.05) is 0 Å². The molecule has 1 aliphatic rings. The minimum Gasteiger partial charge on any atom is -0.269 e. The normalized spacial score (nSPS) is 24.0. The molecule has 0 radical (unpaired) electrons. The SMILES string of the molecule is C1CN=PC1. The molecule has 0 atom stereocenters. The van der Waals surface area contributed by atoms with Crippen LogP contribution < -0.4 is 0 Å². The molecule has 2 heteroatoms. The van der Waals surface area contributed by atoms with E-state index in [4.69, 9.17) is 0 Å². The lowest BCUT2D eigenvalue weighted by molar-refractivity contribution is 0.993. The van der Waals surface area contributed by atoms with Crippen LogP contribution in [-0.2, 0) is 0 Å². The van der Waals surface area contributed by atoms with E-state index < -0.39 is 0 Å². The zero-order chi connectivity index (χ0) is 3.54. The molecule has 0 saturated heterocycles. The van der Waals surface area contributed by atoms with Crippen LogP contribution in [0.15, 0.2) is 4.74 Å². The van der Waals surface area contributed by atoms with Gasteiger partial charge in [0.15, 0.2) is 0 Å². The molecule has 0 fully saturated rings. The van der Waals surface area contributed by atoms with Gasteiger partial charge < -0.3 is 0 Å². The first-order valence-electron chi connectivity index (χ1n) is 1.83. The molecule has 0 unspecified atom stereocenters. The predicted octanol–water partition coefficient (Wildman–Crippen LogP) is 1.52. The lowest BCUT2D eigenvalue weighted by atomic mass is 10.5. The second-order valence-corrected chi connectivity index (χ2v) is 2.10. The summed E-state index contributed by atoms with van der Waals surface area (Å²) in [7, 11) is 1.32. The second-order valence-electron chi connectivity index (χ2n) is 1.08. The van der Waals surface area contributed by atoms with Crippen LogP contribution in [0.3, 0.4) is 0 Å². The van der Waals surface area contributed by atoms with Gasteiger partial charge in [0, 0.05) is 21.1 Å². The third-order valence-electron chi connectivity index (χ3n) is 0.616. The highest BCUT2D eigenvalue weighted by Crippen LogP contribution is 2.09. The Morgan fingerprint density at radius 3 is 2.80 bits per heavy atom. The van der Waals surface area contributed by atoms with Gasteiger partial charge in [0.25, 0.3) is 0 Å². The summed E-state index contributed by atoms with van der Waals surface area (Å²) in [5.41, 5.74) is 0. The number of hydrogen-bond acceptors (Lipinski definition) is 1. The van der Waals surface area contributed by atoms with E-state index in [2.05, 4.69) is 4.74 Å². The Bertz CT molecular complexity index is 44.9. The number of nitrogens with zero attached hydrogens (tertiary/aromatic N) is 1. The summed E-state index contributed by atoms with van der Waals surface area (Å²) < 4.78 is 4.06. The van der Waals surface area contributed by atoms with E-state index in [1.807, 2.05) is 0 Å². The molecule has 28 valence electrons. The van der Waals surface area contributed by atoms with Crippen LogP contribution >= 0.6 is 8.37 Å². The average Bonchev–Trinajstić information content (AvgIpc) is 1.76. The van der Waals surface area contributed by atoms with E-state index in [1.165, 1.54) is 21.0 Å². The summed E-state index contributed by atoms with van der Waals surface area (Å²) in [5, 5.41) is 0. The minimum atomic E-state index is 1.11. The van der Waals surface area contributed by atoms with Crippen molar-refractivity contribution in [2.75, 3.05) is 12.7 Å². The van der Waals surface area contributed by atoms with Gasteiger partial charge >= 0.3 is 0 Å². The molecule has 0 bridgehead atoms. The zero-order valence-corrected chi connectivity index (χ0v) is 3.91. The van der Waals surface area contributed by atoms with E-state index in [0.717, 1.165) is 6.54 Å². The molecular formula is C3H6NP. The van der Waals surface area contributed by atoms with Gasteiger partial charge in [-0.05, 0) is 6.42 Å². The predicted molar refractivity (Wildman–Crippen MR) is 23.7 cm³/mol. The Balaban J connectivity index is 2.32. The number of hydrogen-bond donors (Lipinski definition) is 0. The summed E-state index contributed by atoms with van der Waals surface area (Å²) in [5.74, 6) is 0. The maximum Gasteiger partial charge on any atom is 0.0439 e. The van der Waals surface area contributed by atoms with Gasteiger partial charge in [-0.2, -0.15) is 0 Å². The van der Waals surface area contributed by atoms with Gasteiger partial charge in [-0.15, -0.1) is 0 Å². The summed E-state index contributed by atoms with van der Waals surface area (Å²) in [6, 6.07) is 0. The Morgan fingerprint density at radius 1 is 1.60 bits per heavy atom. The topological polar surface area (TPSA) is 12.4 Å². The van der Waals surface area contributed by atoms with Crippen molar-refractivity contribution in [3.63, 3.8) is 0 Å². The molecule has 5 heavy (non-hydrogen) atoms. The molecular weight excluding hydrogens is 81.0 g/mol. The summed E-state index contributed by atoms with van der Waals surface area (Å²) >= 11 is 0. The summed E-state index contributed by atoms with van der Waals surface area (Å²) in [6.45, 7) is 1.11. The van der Waals surface area contributed by atoms with Crippen molar-refractivity contribution in [2.24, 2.45) is 4.74 Å². The van der Waals surface area contributed by atoms with Crippen LogP contribution in [0, 0.1) is 0 Å². The minimum absolute atomic E-state index is 1.11. The molecule has 1 rings (SSSR count). The first kappa shape index (κ1) is 3.30. The Labute approximate surface area is 33.3 Å². The molecule has 0 N–H and O–H groups in total. The molecule has 0 aromatic carbocycles. The quantitative estimate of drug-likeness (QED) is 0.397. The third-order valence-corrected chi connectivity index (χ3v) is 1.53. The first-order chi connectivity index (χ1) is 2.50. The summed E-state index contributed by atoms with van der Waals surface area (Å²) in [6.07, 6.45) is 2.63. The van der Waals surface area contributed by atoms with Crippen molar-refractivity contribution in [3.05, 3.63) is 0 Å². The Hall–Kier alpha value is 0.100. The van der Waals surface area contributed by atoms with Gasteiger partial charge in [0.05, 0.1) is 0 Å². The van der Waals surface area contributed by atoms with Gasteiger partial charge in [0.1, 0.15) is 0 Å². The highest BCUT2D eigenvalue weighted by atomic mass is 31.1. The van der Waals surface area contributed by atoms with Crippen LogP contribution in [0.2, 0.25) is 0 Å². The van der Waals surface area contributed by atoms with E-state index in [1.54, 1.807) is 0 Å². The Kier molecular flexibility index (Phi) is 0.999. The van der Waals surface area contributed by atoms with Crippen molar-refractivity contribution in [3.8, 4) is 0 Å². The molecule has 0 aromatic heterocycles. The van der Waals surface area contributed by atoms with E-state index in [0.29, 0.717) is 0 Å². The first-order valence-corrected chi connectivity index (χ1v) is 2.86. The maximum absolute atomic E-state index is 4.06. The fraction of sp³-hybridized carbons (Fsp3) is 1.00. The van der Waals surface area contributed by atoms with E-state index >= 15 is 0 Å². The monoisotopic (exact) mass is 87.0 g/mol. The standard InChI is InChI=1S/C3H6NP/c1-2-4-5-3-1/h1-3H2. The molecule has 0 aromatic rings. The van der Waals surface area contributed by atoms with Crippen LogP contribution in [0.5, 0.6) is 0 Å². The lowest BCUT2D eigenvalue weighted by Crippen LogP contribution is -1.67. The second kappa shape index (κ2) is 1.51.